The SMILES string of the molecule is CCCCNC(=O)N(C)CCS(C)(=O)=O. The van der Waals surface area contributed by atoms with E-state index >= 15 is 0 Å². The molecule has 0 heterocycles. The second-order valence-corrected chi connectivity index (χ2v) is 5.90. The minimum absolute atomic E-state index is 0.00466. The first-order valence-corrected chi connectivity index (χ1v) is 7.09. The molecular formula is C9H20N2O3S. The molecule has 2 amide bonds. The van der Waals surface area contributed by atoms with Crippen LogP contribution in [0.15, 0.2) is 0 Å². The molecule has 5 nitrogen and oxygen atoms in total. The molecule has 0 rings (SSSR count). The summed E-state index contributed by atoms with van der Waals surface area (Å²) >= 11 is 0. The van der Waals surface area contributed by atoms with E-state index in [1.54, 1.807) is 7.05 Å². The van der Waals surface area contributed by atoms with Crippen LogP contribution in [0.2, 0.25) is 0 Å². The van der Waals surface area contributed by atoms with Gasteiger partial charge in [0.2, 0.25) is 0 Å². The van der Waals surface area contributed by atoms with Crippen molar-refractivity contribution in [2.45, 2.75) is 19.8 Å². The van der Waals surface area contributed by atoms with Gasteiger partial charge in [0.05, 0.1) is 5.75 Å². The molecule has 0 saturated carbocycles. The number of hydrogen-bond donors (Lipinski definition) is 1. The second kappa shape index (κ2) is 6.66. The number of nitrogens with one attached hydrogen (secondary N) is 1. The third-order valence-corrected chi connectivity index (χ3v) is 2.87. The van der Waals surface area contributed by atoms with Crippen molar-refractivity contribution >= 4 is 15.9 Å². The molecule has 1 N–H and O–H groups in total. The molecule has 0 aromatic heterocycles. The van der Waals surface area contributed by atoms with E-state index in [2.05, 4.69) is 5.32 Å². The number of urea groups is 1. The molecule has 0 saturated heterocycles. The molecule has 0 aromatic carbocycles. The van der Waals surface area contributed by atoms with Gasteiger partial charge in [-0.1, -0.05) is 13.3 Å². The molecule has 0 unspecified atom stereocenters. The van der Waals surface area contributed by atoms with Gasteiger partial charge in [0.25, 0.3) is 0 Å². The van der Waals surface area contributed by atoms with Gasteiger partial charge in [-0.05, 0) is 6.42 Å². The summed E-state index contributed by atoms with van der Waals surface area (Å²) in [4.78, 5) is 12.7. The summed E-state index contributed by atoms with van der Waals surface area (Å²) < 4.78 is 21.7. The maximum Gasteiger partial charge on any atom is 0.317 e. The summed E-state index contributed by atoms with van der Waals surface area (Å²) in [5, 5.41) is 2.71. The highest BCUT2D eigenvalue weighted by Gasteiger charge is 2.10. The maximum absolute atomic E-state index is 11.4. The van der Waals surface area contributed by atoms with Crippen molar-refractivity contribution in [3.05, 3.63) is 0 Å². The zero-order chi connectivity index (χ0) is 11.9. The standard InChI is InChI=1S/C9H20N2O3S/c1-4-5-6-10-9(12)11(2)7-8-15(3,13)14/h4-8H2,1-3H3,(H,10,12). The van der Waals surface area contributed by atoms with Crippen LogP contribution >= 0.6 is 0 Å². The molecule has 90 valence electrons. The number of nitrogens with zero attached hydrogens (tertiary/aromatic N) is 1. The normalized spacial score (nSPS) is 11.1. The van der Waals surface area contributed by atoms with Crippen LogP contribution in [0.1, 0.15) is 19.8 Å². The Bertz CT molecular complexity index is 288. The van der Waals surface area contributed by atoms with Gasteiger partial charge in [0.1, 0.15) is 9.84 Å². The van der Waals surface area contributed by atoms with Crippen LogP contribution in [-0.4, -0.2) is 51.5 Å². The van der Waals surface area contributed by atoms with E-state index < -0.39 is 9.84 Å². The molecule has 0 bridgehead atoms. The van der Waals surface area contributed by atoms with Crippen molar-refractivity contribution in [3.8, 4) is 0 Å². The Labute approximate surface area is 91.8 Å². The summed E-state index contributed by atoms with van der Waals surface area (Å²) in [6, 6.07) is -0.216. The van der Waals surface area contributed by atoms with Gasteiger partial charge in [-0.25, -0.2) is 13.2 Å². The van der Waals surface area contributed by atoms with Crippen LogP contribution in [0, 0.1) is 0 Å². The van der Waals surface area contributed by atoms with Gasteiger partial charge < -0.3 is 10.2 Å². The third kappa shape index (κ3) is 8.23. The summed E-state index contributed by atoms with van der Waals surface area (Å²) in [6.45, 7) is 2.91. The maximum atomic E-state index is 11.4. The Morgan fingerprint density at radius 2 is 2.00 bits per heavy atom. The fraction of sp³-hybridized carbons (Fsp3) is 0.889. The van der Waals surface area contributed by atoms with Crippen LogP contribution < -0.4 is 5.32 Å². The molecular weight excluding hydrogens is 216 g/mol. The second-order valence-electron chi connectivity index (χ2n) is 3.64. The Hall–Kier alpha value is -0.780. The van der Waals surface area contributed by atoms with Gasteiger partial charge >= 0.3 is 6.03 Å². The van der Waals surface area contributed by atoms with Crippen LogP contribution in [-0.2, 0) is 9.84 Å². The Kier molecular flexibility index (Phi) is 6.31. The van der Waals surface area contributed by atoms with Gasteiger partial charge in [0, 0.05) is 26.4 Å². The fourth-order valence-electron chi connectivity index (χ4n) is 0.911. The van der Waals surface area contributed by atoms with Crippen molar-refractivity contribution in [1.29, 1.82) is 0 Å². The highest BCUT2D eigenvalue weighted by molar-refractivity contribution is 7.90. The van der Waals surface area contributed by atoms with Crippen molar-refractivity contribution < 1.29 is 13.2 Å². The van der Waals surface area contributed by atoms with Gasteiger partial charge in [-0.3, -0.25) is 0 Å². The van der Waals surface area contributed by atoms with Crippen molar-refractivity contribution in [3.63, 3.8) is 0 Å². The van der Waals surface area contributed by atoms with Crippen LogP contribution in [0.4, 0.5) is 4.79 Å². The van der Waals surface area contributed by atoms with E-state index in [0.29, 0.717) is 6.54 Å². The molecule has 0 aromatic rings. The average molecular weight is 236 g/mol. The smallest absolute Gasteiger partial charge is 0.317 e. The lowest BCUT2D eigenvalue weighted by Crippen LogP contribution is -2.39. The average Bonchev–Trinajstić information content (AvgIpc) is 2.13. The highest BCUT2D eigenvalue weighted by atomic mass is 32.2. The summed E-state index contributed by atoms with van der Waals surface area (Å²) in [5.41, 5.74) is 0. The third-order valence-electron chi connectivity index (χ3n) is 1.95. The first-order valence-electron chi connectivity index (χ1n) is 5.03. The monoisotopic (exact) mass is 236 g/mol. The number of carbonyl (C=O) groups excluding carboxylic acids is 1. The zero-order valence-electron chi connectivity index (χ0n) is 9.62. The van der Waals surface area contributed by atoms with Crippen molar-refractivity contribution in [2.75, 3.05) is 32.1 Å². The lowest BCUT2D eigenvalue weighted by molar-refractivity contribution is 0.211. The number of hydrogen-bond acceptors (Lipinski definition) is 3. The lowest BCUT2D eigenvalue weighted by atomic mass is 10.3. The molecule has 0 atom stereocenters. The summed E-state index contributed by atoms with van der Waals surface area (Å²) in [7, 11) is -1.41. The Balaban J connectivity index is 3.79. The van der Waals surface area contributed by atoms with Crippen LogP contribution in [0.5, 0.6) is 0 Å². The summed E-state index contributed by atoms with van der Waals surface area (Å²) in [5.74, 6) is 0.00466. The van der Waals surface area contributed by atoms with Gasteiger partial charge in [0.15, 0.2) is 0 Å². The van der Waals surface area contributed by atoms with E-state index in [4.69, 9.17) is 0 Å². The number of sulfone groups is 1. The predicted molar refractivity (Wildman–Crippen MR) is 60.6 cm³/mol. The number of unbranched alkanes of at least 4 members (excludes halogenated alkanes) is 1. The molecule has 0 radical (unpaired) electrons. The van der Waals surface area contributed by atoms with Crippen LogP contribution in [0.3, 0.4) is 0 Å². The van der Waals surface area contributed by atoms with E-state index in [9.17, 15) is 13.2 Å². The molecule has 0 fully saturated rings. The van der Waals surface area contributed by atoms with Crippen molar-refractivity contribution in [1.82, 2.24) is 10.2 Å². The van der Waals surface area contributed by atoms with E-state index in [-0.39, 0.29) is 18.3 Å². The molecule has 0 aliphatic rings. The molecule has 0 spiro atoms. The number of carbonyl (C=O) groups is 1. The highest BCUT2D eigenvalue weighted by Crippen LogP contribution is 1.90. The number of rotatable bonds is 6. The Morgan fingerprint density at radius 3 is 2.47 bits per heavy atom. The molecule has 15 heavy (non-hydrogen) atoms. The first kappa shape index (κ1) is 14.2. The quantitative estimate of drug-likeness (QED) is 0.682. The molecule has 0 aliphatic carbocycles. The number of amides is 2. The zero-order valence-corrected chi connectivity index (χ0v) is 10.4. The van der Waals surface area contributed by atoms with E-state index in [1.807, 2.05) is 6.92 Å². The largest absolute Gasteiger partial charge is 0.338 e. The van der Waals surface area contributed by atoms with Gasteiger partial charge in [-0.15, -0.1) is 0 Å². The lowest BCUT2D eigenvalue weighted by Gasteiger charge is -2.17. The summed E-state index contributed by atoms with van der Waals surface area (Å²) in [6.07, 6.45) is 3.12. The minimum Gasteiger partial charge on any atom is -0.338 e. The Morgan fingerprint density at radius 1 is 1.40 bits per heavy atom. The predicted octanol–water partition coefficient (Wildman–Crippen LogP) is 0.472. The minimum atomic E-state index is -3.00. The van der Waals surface area contributed by atoms with Crippen LogP contribution in [0.25, 0.3) is 0 Å². The molecule has 6 heteroatoms. The first-order chi connectivity index (χ1) is 6.87. The van der Waals surface area contributed by atoms with E-state index in [0.717, 1.165) is 19.1 Å². The van der Waals surface area contributed by atoms with Gasteiger partial charge in [-0.2, -0.15) is 0 Å². The van der Waals surface area contributed by atoms with E-state index in [1.165, 1.54) is 4.90 Å². The van der Waals surface area contributed by atoms with Crippen molar-refractivity contribution in [2.24, 2.45) is 0 Å². The molecule has 0 aliphatic heterocycles. The topological polar surface area (TPSA) is 66.5 Å². The fourth-order valence-corrected chi connectivity index (χ4v) is 1.52.